The number of aliphatic imine (C=N–C) groups is 1. The van der Waals surface area contributed by atoms with Gasteiger partial charge in [-0.2, -0.15) is 8.78 Å². The van der Waals surface area contributed by atoms with Crippen molar-refractivity contribution in [2.45, 2.75) is 25.5 Å². The van der Waals surface area contributed by atoms with Gasteiger partial charge >= 0.3 is 6.61 Å². The standard InChI is InChI=1S/C21H25F2N7O/c1-24-21(25-11-9-19-28-27-18-8-4-5-12-30(18)19)26-15-10-13-29(14-15)16-6-2-3-7-17(16)31-20(22)23/h2-8,12,15,20H,9-11,13-14H2,1H3,(H2,24,25,26). The fraction of sp³-hybridized carbons (Fsp3) is 0.381. The van der Waals surface area contributed by atoms with Crippen molar-refractivity contribution in [3.63, 3.8) is 0 Å². The van der Waals surface area contributed by atoms with Crippen molar-refractivity contribution in [2.24, 2.45) is 4.99 Å². The van der Waals surface area contributed by atoms with Crippen molar-refractivity contribution in [1.82, 2.24) is 25.2 Å². The van der Waals surface area contributed by atoms with E-state index < -0.39 is 6.61 Å². The Morgan fingerprint density at radius 3 is 2.90 bits per heavy atom. The van der Waals surface area contributed by atoms with E-state index in [0.717, 1.165) is 24.4 Å². The Bertz CT molecular complexity index is 1040. The van der Waals surface area contributed by atoms with Crippen LogP contribution in [-0.2, 0) is 6.42 Å². The molecule has 0 saturated carbocycles. The molecular formula is C21H25F2N7O. The zero-order valence-electron chi connectivity index (χ0n) is 17.2. The summed E-state index contributed by atoms with van der Waals surface area (Å²) >= 11 is 0. The Morgan fingerprint density at radius 1 is 1.23 bits per heavy atom. The molecule has 4 rings (SSSR count). The van der Waals surface area contributed by atoms with Crippen LogP contribution in [0.25, 0.3) is 5.65 Å². The lowest BCUT2D eigenvalue weighted by Crippen LogP contribution is -2.45. The number of hydrogen-bond acceptors (Lipinski definition) is 5. The quantitative estimate of drug-likeness (QED) is 0.443. The second kappa shape index (κ2) is 9.59. The van der Waals surface area contributed by atoms with Crippen LogP contribution in [-0.4, -0.2) is 59.9 Å². The van der Waals surface area contributed by atoms with Crippen molar-refractivity contribution in [3.05, 3.63) is 54.5 Å². The summed E-state index contributed by atoms with van der Waals surface area (Å²) in [7, 11) is 1.72. The van der Waals surface area contributed by atoms with Crippen molar-refractivity contribution in [3.8, 4) is 5.75 Å². The SMILES string of the molecule is CN=C(NCCc1nnc2ccccn12)NC1CCN(c2ccccc2OC(F)F)C1. The van der Waals surface area contributed by atoms with E-state index in [1.165, 1.54) is 0 Å². The third kappa shape index (κ3) is 5.01. The number of para-hydroxylation sites is 2. The Balaban J connectivity index is 1.30. The number of nitrogens with one attached hydrogen (secondary N) is 2. The predicted octanol–water partition coefficient (Wildman–Crippen LogP) is 2.32. The van der Waals surface area contributed by atoms with Crippen molar-refractivity contribution < 1.29 is 13.5 Å². The van der Waals surface area contributed by atoms with Gasteiger partial charge in [0, 0.05) is 45.3 Å². The molecule has 1 fully saturated rings. The van der Waals surface area contributed by atoms with E-state index >= 15 is 0 Å². The number of anilines is 1. The zero-order valence-corrected chi connectivity index (χ0v) is 17.2. The topological polar surface area (TPSA) is 79.1 Å². The summed E-state index contributed by atoms with van der Waals surface area (Å²) in [5.41, 5.74) is 1.50. The van der Waals surface area contributed by atoms with Gasteiger partial charge in [0.1, 0.15) is 11.6 Å². The number of pyridine rings is 1. The zero-order chi connectivity index (χ0) is 21.6. The molecule has 1 atom stereocenters. The largest absolute Gasteiger partial charge is 0.433 e. The minimum Gasteiger partial charge on any atom is -0.433 e. The number of benzene rings is 1. The average molecular weight is 429 g/mol. The summed E-state index contributed by atoms with van der Waals surface area (Å²) in [5.74, 6) is 1.76. The van der Waals surface area contributed by atoms with E-state index in [4.69, 9.17) is 0 Å². The monoisotopic (exact) mass is 429 g/mol. The van der Waals surface area contributed by atoms with E-state index in [1.54, 1.807) is 25.2 Å². The molecule has 2 N–H and O–H groups in total. The molecule has 0 aliphatic carbocycles. The lowest BCUT2D eigenvalue weighted by molar-refractivity contribution is -0.0495. The number of guanidine groups is 1. The second-order valence-electron chi connectivity index (χ2n) is 7.22. The molecule has 1 aromatic carbocycles. The van der Waals surface area contributed by atoms with Gasteiger partial charge in [0.25, 0.3) is 0 Å². The van der Waals surface area contributed by atoms with Gasteiger partial charge in [-0.3, -0.25) is 9.39 Å². The molecule has 2 aromatic heterocycles. The van der Waals surface area contributed by atoms with Crippen LogP contribution in [0, 0.1) is 0 Å². The van der Waals surface area contributed by atoms with E-state index in [2.05, 4.69) is 30.6 Å². The van der Waals surface area contributed by atoms with Crippen LogP contribution in [0.3, 0.4) is 0 Å². The van der Waals surface area contributed by atoms with Gasteiger partial charge in [-0.25, -0.2) is 0 Å². The van der Waals surface area contributed by atoms with Crippen LogP contribution in [0.15, 0.2) is 53.7 Å². The molecule has 10 heteroatoms. The van der Waals surface area contributed by atoms with Crippen LogP contribution < -0.4 is 20.3 Å². The maximum absolute atomic E-state index is 12.7. The minimum absolute atomic E-state index is 0.139. The molecule has 1 aliphatic rings. The highest BCUT2D eigenvalue weighted by Gasteiger charge is 2.26. The lowest BCUT2D eigenvalue weighted by atomic mass is 10.2. The Hall–Kier alpha value is -3.43. The molecule has 1 unspecified atom stereocenters. The molecule has 164 valence electrons. The molecule has 0 bridgehead atoms. The first-order chi connectivity index (χ1) is 15.1. The van der Waals surface area contributed by atoms with Gasteiger partial charge in [-0.05, 0) is 30.7 Å². The highest BCUT2D eigenvalue weighted by Crippen LogP contribution is 2.31. The normalized spacial score (nSPS) is 16.8. The molecule has 3 heterocycles. The van der Waals surface area contributed by atoms with Crippen molar-refractivity contribution in [1.29, 1.82) is 0 Å². The molecule has 1 aliphatic heterocycles. The molecular weight excluding hydrogens is 404 g/mol. The first-order valence-corrected chi connectivity index (χ1v) is 10.2. The minimum atomic E-state index is -2.84. The average Bonchev–Trinajstić information content (AvgIpc) is 3.40. The molecule has 0 spiro atoms. The van der Waals surface area contributed by atoms with E-state index in [-0.39, 0.29) is 11.8 Å². The molecule has 0 amide bonds. The summed E-state index contributed by atoms with van der Waals surface area (Å²) in [6.45, 7) is -0.789. The van der Waals surface area contributed by atoms with Crippen LogP contribution in [0.1, 0.15) is 12.2 Å². The van der Waals surface area contributed by atoms with Crippen molar-refractivity contribution >= 4 is 17.3 Å². The molecule has 3 aromatic rings. The van der Waals surface area contributed by atoms with Gasteiger partial charge < -0.3 is 20.3 Å². The van der Waals surface area contributed by atoms with E-state index in [0.29, 0.717) is 31.2 Å². The molecule has 8 nitrogen and oxygen atoms in total. The number of nitrogens with zero attached hydrogens (tertiary/aromatic N) is 5. The van der Waals surface area contributed by atoms with Crippen LogP contribution in [0.2, 0.25) is 0 Å². The van der Waals surface area contributed by atoms with Gasteiger partial charge in [-0.1, -0.05) is 18.2 Å². The fourth-order valence-corrected chi connectivity index (χ4v) is 3.75. The van der Waals surface area contributed by atoms with Crippen LogP contribution >= 0.6 is 0 Å². The highest BCUT2D eigenvalue weighted by atomic mass is 19.3. The van der Waals surface area contributed by atoms with Gasteiger partial charge in [-0.15, -0.1) is 10.2 Å². The molecule has 31 heavy (non-hydrogen) atoms. The first kappa shape index (κ1) is 20.8. The van der Waals surface area contributed by atoms with E-state index in [9.17, 15) is 8.78 Å². The number of halogens is 2. The summed E-state index contributed by atoms with van der Waals surface area (Å²) in [6.07, 6.45) is 3.50. The van der Waals surface area contributed by atoms with Crippen molar-refractivity contribution in [2.75, 3.05) is 31.6 Å². The third-order valence-electron chi connectivity index (χ3n) is 5.20. The Kier molecular flexibility index (Phi) is 6.44. The van der Waals surface area contributed by atoms with Gasteiger partial charge in [0.05, 0.1) is 5.69 Å². The third-order valence-corrected chi connectivity index (χ3v) is 5.20. The van der Waals surface area contributed by atoms with Gasteiger partial charge in [0.2, 0.25) is 0 Å². The Labute approximate surface area is 178 Å². The molecule has 1 saturated heterocycles. The summed E-state index contributed by atoms with van der Waals surface area (Å²) < 4.78 is 32.0. The lowest BCUT2D eigenvalue weighted by Gasteiger charge is -2.22. The Morgan fingerprint density at radius 2 is 2.06 bits per heavy atom. The second-order valence-corrected chi connectivity index (χ2v) is 7.22. The fourth-order valence-electron chi connectivity index (χ4n) is 3.75. The predicted molar refractivity (Wildman–Crippen MR) is 115 cm³/mol. The number of ether oxygens (including phenoxy) is 1. The maximum Gasteiger partial charge on any atom is 0.387 e. The van der Waals surface area contributed by atoms with E-state index in [1.807, 2.05) is 39.8 Å². The summed E-state index contributed by atoms with van der Waals surface area (Å²) in [4.78, 5) is 6.34. The molecule has 0 radical (unpaired) electrons. The maximum atomic E-state index is 12.7. The van der Waals surface area contributed by atoms with Gasteiger partial charge in [0.15, 0.2) is 11.6 Å². The number of rotatable bonds is 7. The summed E-state index contributed by atoms with van der Waals surface area (Å²) in [6, 6.07) is 12.8. The first-order valence-electron chi connectivity index (χ1n) is 10.2. The van der Waals surface area contributed by atoms with Crippen LogP contribution in [0.5, 0.6) is 5.75 Å². The smallest absolute Gasteiger partial charge is 0.387 e. The van der Waals surface area contributed by atoms with Crippen LogP contribution in [0.4, 0.5) is 14.5 Å². The number of fused-ring (bicyclic) bond motifs is 1. The highest BCUT2D eigenvalue weighted by molar-refractivity contribution is 5.80. The number of alkyl halides is 2. The summed E-state index contributed by atoms with van der Waals surface area (Å²) in [5, 5.41) is 15.1. The number of aromatic nitrogens is 3. The number of hydrogen-bond donors (Lipinski definition) is 2.